The first-order chi connectivity index (χ1) is 69.5. The Morgan fingerprint density at radius 3 is 1.13 bits per heavy atom. The van der Waals surface area contributed by atoms with Crippen LogP contribution < -0.4 is 44.5 Å². The number of amides is 3. The van der Waals surface area contributed by atoms with E-state index in [9.17, 15) is 35.4 Å². The number of aromatic nitrogens is 4. The van der Waals surface area contributed by atoms with Gasteiger partial charge in [-0.1, -0.05) is 109 Å². The normalized spacial score (nSPS) is 16.2. The molecule has 142 heavy (non-hydrogen) atoms. The molecule has 4 aromatic heterocycles. The number of nitrogens with one attached hydrogen (secondary N) is 7. The first-order valence-corrected chi connectivity index (χ1v) is 48.2. The third kappa shape index (κ3) is 19.4. The number of hydrogen-bond donors (Lipinski definition) is 7. The Balaban J connectivity index is 0.000000112. The van der Waals surface area contributed by atoms with Gasteiger partial charge in [0.15, 0.2) is 6.61 Å². The average molecular weight is 1890 g/mol. The SMILES string of the molecule is CC1(C)C(=O)Nc2cc(-c3cc4c(-c5ccc(OC6CCOCC6)c(C#N)c5)cccc4[nH]3)ccc21.N#Cc1cc(-c2cccc3[nH]c(-c4ccc(N5CCOCC5)c(F)c4)cc23)ccc1OC1CCOCC1.N#Cc1cc(-c2cccc3[nH]c(-c4ccc5c(c4)C(=O)NC5)cc23)ccc1OC1CCOCC1.N#Cc1cc(-c2cccc3[nH]c(-c4ccc5c(c4)OCC(=O)N5)cc23)ccc1OC1CCOCC1. The predicted octanol–water partition coefficient (Wildman–Crippen LogP) is 22.5. The van der Waals surface area contributed by atoms with Crippen LogP contribution in [0.5, 0.6) is 28.7 Å². The van der Waals surface area contributed by atoms with Crippen LogP contribution in [-0.2, 0) is 45.2 Å². The van der Waals surface area contributed by atoms with Crippen LogP contribution in [0.2, 0.25) is 0 Å². The Hall–Kier alpha value is -16.3. The molecule has 5 saturated heterocycles. The van der Waals surface area contributed by atoms with Gasteiger partial charge in [0.05, 0.1) is 105 Å². The third-order valence-corrected chi connectivity index (χ3v) is 27.6. The van der Waals surface area contributed by atoms with Gasteiger partial charge in [-0.3, -0.25) is 14.4 Å². The van der Waals surface area contributed by atoms with Crippen molar-refractivity contribution in [3.8, 4) is 143 Å². The second-order valence-corrected chi connectivity index (χ2v) is 37.0. The number of hydrogen-bond acceptors (Lipinski definition) is 18. The van der Waals surface area contributed by atoms with E-state index in [1.54, 1.807) is 6.07 Å². The Morgan fingerprint density at radius 1 is 0.366 bits per heavy atom. The first kappa shape index (κ1) is 92.1. The summed E-state index contributed by atoms with van der Waals surface area (Å²) < 4.78 is 72.2. The van der Waals surface area contributed by atoms with Gasteiger partial charge in [0.25, 0.3) is 11.8 Å². The largest absolute Gasteiger partial charge is 0.489 e. The van der Waals surface area contributed by atoms with Crippen molar-refractivity contribution in [2.45, 2.75) is 102 Å². The van der Waals surface area contributed by atoms with Gasteiger partial charge in [0, 0.05) is 165 Å². The molecule has 0 radical (unpaired) electrons. The van der Waals surface area contributed by atoms with Gasteiger partial charge < -0.3 is 88.2 Å². The molecule has 5 fully saturated rings. The molecular weight excluding hydrogens is 1790 g/mol. The molecule has 0 saturated carbocycles. The highest BCUT2D eigenvalue weighted by Crippen LogP contribution is 2.46. The van der Waals surface area contributed by atoms with Gasteiger partial charge in [-0.25, -0.2) is 4.39 Å². The maximum Gasteiger partial charge on any atom is 0.262 e. The number of H-pyrrole nitrogens is 4. The predicted molar refractivity (Wildman–Crippen MR) is 543 cm³/mol. The van der Waals surface area contributed by atoms with Crippen LogP contribution in [0.4, 0.5) is 21.5 Å². The molecule has 8 aliphatic heterocycles. The smallest absolute Gasteiger partial charge is 0.262 e. The third-order valence-electron chi connectivity index (χ3n) is 27.6. The van der Waals surface area contributed by atoms with Crippen molar-refractivity contribution < 1.29 is 66.1 Å². The quantitative estimate of drug-likeness (QED) is 0.0445. The lowest BCUT2D eigenvalue weighted by atomic mass is 9.86. The summed E-state index contributed by atoms with van der Waals surface area (Å²) in [7, 11) is 0. The van der Waals surface area contributed by atoms with Gasteiger partial charge in [-0.2, -0.15) is 21.0 Å². The number of anilines is 3. The molecule has 26 heteroatoms. The number of fused-ring (bicyclic) bond motifs is 7. The van der Waals surface area contributed by atoms with E-state index >= 15 is 4.39 Å². The van der Waals surface area contributed by atoms with E-state index in [0.717, 1.165) is 207 Å². The molecule has 8 aliphatic rings. The number of nitriles is 4. The lowest BCUT2D eigenvalue weighted by molar-refractivity contribution is -0.120. The summed E-state index contributed by atoms with van der Waals surface area (Å²) in [4.78, 5) is 52.0. The Kier molecular flexibility index (Phi) is 26.3. The number of carbonyl (C=O) groups is 3. The molecule has 12 heterocycles. The standard InChI is InChI=1S/C30H28FN3O3.C30H27N3O3.C28H23N3O4.C28H23N3O3/c31-26-17-21(4-6-29(26)34-10-14-36-15-11-34)28-18-25-24(2-1-3-27(25)33-28)20-5-7-30(22(16-20)19-32)37-23-8-12-35-13-9-23;1-30(2)24-8-6-19(15-27(24)33-29(30)34)26-16-23-22(4-3-5-25(23)32-26)18-7-9-28(20(14-18)17-31)36-21-10-12-35-13-11-21;29-15-19-12-17(5-7-26(19)35-20-8-10-33-11-9-20)21-2-1-3-23-22(21)14-25(30-23)18-4-6-24-27(13-18)34-16-28(32)31-24;29-15-20-12-17(6-7-27(20)34-21-8-10-33-11-9-21)22-2-1-3-25-24(22)14-26(31-25)18-4-5-19-16-30-28(32)23(19)13-18/h1-7,16-18,23,33H,8-15H2;3-9,14-16,21,32H,10-13H2,1-2H3,(H,33,34);1-7,12-14,20,30H,8-11,16H2,(H,31,32);1-7,12-14,21,31H,8-11,16H2,(H,30,32). The summed E-state index contributed by atoms with van der Waals surface area (Å²) in [5.74, 6) is 2.72. The Bertz CT molecular complexity index is 7750. The minimum absolute atomic E-state index is 0.0166. The minimum atomic E-state index is -0.527. The Labute approximate surface area is 818 Å². The monoisotopic (exact) mass is 1890 g/mol. The molecule has 7 N–H and O–H groups in total. The molecular formula is C116H101FN12O13. The number of aromatic amines is 4. The number of morpholine rings is 1. The van der Waals surface area contributed by atoms with Crippen molar-refractivity contribution in [1.29, 1.82) is 21.0 Å². The summed E-state index contributed by atoms with van der Waals surface area (Å²) in [5.41, 5.74) is 25.8. The maximum atomic E-state index is 15.1. The fraction of sp³-hybridized carbons (Fsp3) is 0.250. The molecule has 12 aromatic carbocycles. The number of nitrogens with zero attached hydrogens (tertiary/aromatic N) is 5. The highest BCUT2D eigenvalue weighted by molar-refractivity contribution is 6.08. The highest BCUT2D eigenvalue weighted by atomic mass is 19.1. The van der Waals surface area contributed by atoms with Gasteiger partial charge in [0.1, 0.15) is 83.3 Å². The van der Waals surface area contributed by atoms with Crippen molar-refractivity contribution in [3.05, 3.63) is 287 Å². The van der Waals surface area contributed by atoms with Crippen LogP contribution in [0.3, 0.4) is 0 Å². The molecule has 0 atom stereocenters. The zero-order valence-corrected chi connectivity index (χ0v) is 78.4. The van der Waals surface area contributed by atoms with Gasteiger partial charge in [-0.15, -0.1) is 0 Å². The lowest BCUT2D eigenvalue weighted by Gasteiger charge is -2.29. The summed E-state index contributed by atoms with van der Waals surface area (Å²) in [6, 6.07) is 88.4. The Morgan fingerprint density at radius 2 is 0.725 bits per heavy atom. The van der Waals surface area contributed by atoms with E-state index < -0.39 is 5.41 Å². The van der Waals surface area contributed by atoms with Crippen LogP contribution in [-0.4, -0.2) is 148 Å². The maximum absolute atomic E-state index is 15.1. The second-order valence-electron chi connectivity index (χ2n) is 37.0. The highest BCUT2D eigenvalue weighted by Gasteiger charge is 2.39. The molecule has 0 bridgehead atoms. The van der Waals surface area contributed by atoms with Crippen molar-refractivity contribution in [2.75, 3.05) is 101 Å². The molecule has 0 spiro atoms. The van der Waals surface area contributed by atoms with Crippen LogP contribution in [0, 0.1) is 51.1 Å². The van der Waals surface area contributed by atoms with Crippen molar-refractivity contribution in [3.63, 3.8) is 0 Å². The molecule has 3 amide bonds. The number of carbonyl (C=O) groups excluding carboxylic acids is 3. The summed E-state index contributed by atoms with van der Waals surface area (Å²) >= 11 is 0. The zero-order chi connectivity index (χ0) is 96.9. The van der Waals surface area contributed by atoms with Gasteiger partial charge >= 0.3 is 0 Å². The number of rotatable bonds is 17. The summed E-state index contributed by atoms with van der Waals surface area (Å²) in [6.07, 6.45) is 6.96. The van der Waals surface area contributed by atoms with Crippen molar-refractivity contribution in [2.24, 2.45) is 0 Å². The summed E-state index contributed by atoms with van der Waals surface area (Å²) in [6.45, 7) is 12.6. The summed E-state index contributed by atoms with van der Waals surface area (Å²) in [5, 5.41) is 52.1. The van der Waals surface area contributed by atoms with Crippen LogP contribution in [0.1, 0.15) is 109 Å². The van der Waals surface area contributed by atoms with E-state index in [1.807, 2.05) is 207 Å². The van der Waals surface area contributed by atoms with E-state index in [2.05, 4.69) is 109 Å². The second kappa shape index (κ2) is 40.6. The van der Waals surface area contributed by atoms with Crippen LogP contribution >= 0.6 is 0 Å². The number of ether oxygens (including phenoxy) is 10. The molecule has 710 valence electrons. The first-order valence-electron chi connectivity index (χ1n) is 48.2. The molecule has 25 nitrogen and oxygen atoms in total. The fourth-order valence-electron chi connectivity index (χ4n) is 19.8. The number of halogens is 1. The molecule has 16 aromatic rings. The van der Waals surface area contributed by atoms with E-state index in [0.29, 0.717) is 148 Å². The zero-order valence-electron chi connectivity index (χ0n) is 78.4. The van der Waals surface area contributed by atoms with Crippen LogP contribution in [0.15, 0.2) is 243 Å². The van der Waals surface area contributed by atoms with E-state index in [1.165, 1.54) is 0 Å². The van der Waals surface area contributed by atoms with E-state index in [4.69, 9.17) is 47.4 Å². The van der Waals surface area contributed by atoms with Gasteiger partial charge in [0.2, 0.25) is 5.91 Å². The van der Waals surface area contributed by atoms with Crippen LogP contribution in [0.25, 0.3) is 133 Å². The molecule has 24 rings (SSSR count). The minimum Gasteiger partial charge on any atom is -0.489 e. The average Bonchev–Trinajstić information content (AvgIpc) is 1.60. The van der Waals surface area contributed by atoms with E-state index in [-0.39, 0.29) is 54.6 Å². The van der Waals surface area contributed by atoms with Crippen molar-refractivity contribution in [1.82, 2.24) is 25.3 Å². The molecule has 0 unspecified atom stereocenters. The fourth-order valence-corrected chi connectivity index (χ4v) is 19.8. The number of benzene rings is 12. The van der Waals surface area contributed by atoms with Crippen molar-refractivity contribution >= 4 is 78.4 Å². The topological polar surface area (TPSA) is 341 Å². The lowest BCUT2D eigenvalue weighted by Crippen LogP contribution is -2.36. The molecule has 0 aliphatic carbocycles. The van der Waals surface area contributed by atoms with Gasteiger partial charge in [-0.05, 0) is 209 Å².